The van der Waals surface area contributed by atoms with Crippen LogP contribution in [-0.4, -0.2) is 35.5 Å². The normalized spacial score (nSPS) is 10.8. The average Bonchev–Trinajstić information content (AvgIpc) is 2.68. The molecule has 0 unspecified atom stereocenters. The van der Waals surface area contributed by atoms with Crippen molar-refractivity contribution < 1.29 is 29.0 Å². The van der Waals surface area contributed by atoms with Gasteiger partial charge in [-0.1, -0.05) is 11.6 Å². The Hall–Kier alpha value is -3.65. The number of benzene rings is 2. The fourth-order valence-electron chi connectivity index (χ4n) is 2.07. The number of carboxylic acid groups (broad SMARTS) is 1. The Labute approximate surface area is 171 Å². The second-order valence-corrected chi connectivity index (χ2v) is 6.27. The quantitative estimate of drug-likeness (QED) is 0.471. The zero-order valence-electron chi connectivity index (χ0n) is 15.3. The molecule has 2 rings (SSSR count). The molecule has 2 aromatic rings. The summed E-state index contributed by atoms with van der Waals surface area (Å²) in [4.78, 5) is 46.2. The standard InChI is InChI=1S/C20H17ClN2O6/c1-12(19(26)27)10-17(24)22-15-6-2-13(3-7-15)20(28)29-11-18(25)23-16-8-4-14(21)5-9-16/h2-10H,11H2,1H3,(H,22,24)(H,23,25)(H,26,27)/b12-10+. The highest BCUT2D eigenvalue weighted by Crippen LogP contribution is 2.14. The molecule has 0 saturated carbocycles. The monoisotopic (exact) mass is 416 g/mol. The molecule has 0 aromatic heterocycles. The Morgan fingerprint density at radius 3 is 2.10 bits per heavy atom. The number of rotatable bonds is 7. The van der Waals surface area contributed by atoms with Crippen LogP contribution in [0.1, 0.15) is 17.3 Å². The van der Waals surface area contributed by atoms with E-state index in [1.165, 1.54) is 31.2 Å². The van der Waals surface area contributed by atoms with E-state index in [2.05, 4.69) is 10.6 Å². The minimum absolute atomic E-state index is 0.112. The van der Waals surface area contributed by atoms with Gasteiger partial charge >= 0.3 is 11.9 Å². The SMILES string of the molecule is C/C(=C\C(=O)Nc1ccc(C(=O)OCC(=O)Nc2ccc(Cl)cc2)cc1)C(=O)O. The first-order valence-electron chi connectivity index (χ1n) is 8.30. The molecule has 0 atom stereocenters. The van der Waals surface area contributed by atoms with Gasteiger partial charge in [0.25, 0.3) is 5.91 Å². The molecule has 0 bridgehead atoms. The predicted molar refractivity (Wildman–Crippen MR) is 107 cm³/mol. The molecule has 150 valence electrons. The van der Waals surface area contributed by atoms with Gasteiger partial charge in [-0.15, -0.1) is 0 Å². The van der Waals surface area contributed by atoms with E-state index < -0.39 is 30.4 Å². The molecular weight excluding hydrogens is 400 g/mol. The van der Waals surface area contributed by atoms with Crippen molar-refractivity contribution in [3.8, 4) is 0 Å². The fraction of sp³-hybridized carbons (Fsp3) is 0.100. The number of ether oxygens (including phenoxy) is 1. The number of anilines is 2. The van der Waals surface area contributed by atoms with Crippen molar-refractivity contribution in [3.63, 3.8) is 0 Å². The molecule has 2 amide bonds. The van der Waals surface area contributed by atoms with E-state index >= 15 is 0 Å². The minimum atomic E-state index is -1.20. The van der Waals surface area contributed by atoms with E-state index in [0.29, 0.717) is 16.4 Å². The molecule has 0 radical (unpaired) electrons. The van der Waals surface area contributed by atoms with Gasteiger partial charge in [0, 0.05) is 28.0 Å². The second-order valence-electron chi connectivity index (χ2n) is 5.83. The van der Waals surface area contributed by atoms with E-state index in [9.17, 15) is 19.2 Å². The number of carbonyl (C=O) groups excluding carboxylic acids is 3. The molecule has 0 fully saturated rings. The number of esters is 1. The zero-order chi connectivity index (χ0) is 21.4. The van der Waals surface area contributed by atoms with Crippen LogP contribution in [-0.2, 0) is 19.1 Å². The summed E-state index contributed by atoms with van der Waals surface area (Å²) in [7, 11) is 0. The molecule has 0 aliphatic rings. The number of hydrogen-bond acceptors (Lipinski definition) is 5. The molecule has 0 spiro atoms. The molecule has 0 aliphatic carbocycles. The van der Waals surface area contributed by atoms with Crippen LogP contribution in [0, 0.1) is 0 Å². The Bertz CT molecular complexity index is 952. The molecule has 2 aromatic carbocycles. The predicted octanol–water partition coefficient (Wildman–Crippen LogP) is 3.10. The maximum absolute atomic E-state index is 12.0. The Balaban J connectivity index is 1.86. The topological polar surface area (TPSA) is 122 Å². The maximum atomic E-state index is 12.0. The summed E-state index contributed by atoms with van der Waals surface area (Å²) in [6.45, 7) is 0.823. The van der Waals surface area contributed by atoms with E-state index in [-0.39, 0.29) is 11.1 Å². The van der Waals surface area contributed by atoms with Crippen LogP contribution in [0.25, 0.3) is 0 Å². The van der Waals surface area contributed by atoms with Gasteiger partial charge in [0.05, 0.1) is 5.56 Å². The molecule has 0 heterocycles. The molecule has 3 N–H and O–H groups in total. The summed E-state index contributed by atoms with van der Waals surface area (Å²) in [5.41, 5.74) is 0.948. The van der Waals surface area contributed by atoms with Crippen LogP contribution in [0.15, 0.2) is 60.2 Å². The van der Waals surface area contributed by atoms with Gasteiger partial charge in [-0.3, -0.25) is 9.59 Å². The number of nitrogens with one attached hydrogen (secondary N) is 2. The number of carboxylic acids is 1. The molecule has 8 nitrogen and oxygen atoms in total. The van der Waals surface area contributed by atoms with Crippen molar-refractivity contribution in [1.29, 1.82) is 0 Å². The van der Waals surface area contributed by atoms with E-state index in [0.717, 1.165) is 6.08 Å². The fourth-order valence-corrected chi connectivity index (χ4v) is 2.20. The number of hydrogen-bond donors (Lipinski definition) is 3. The van der Waals surface area contributed by atoms with Crippen molar-refractivity contribution in [2.24, 2.45) is 0 Å². The number of aliphatic carboxylic acids is 1. The minimum Gasteiger partial charge on any atom is -0.478 e. The lowest BCUT2D eigenvalue weighted by molar-refractivity contribution is -0.132. The van der Waals surface area contributed by atoms with Gasteiger partial charge in [0.1, 0.15) is 0 Å². The lowest BCUT2D eigenvalue weighted by Gasteiger charge is -2.07. The van der Waals surface area contributed by atoms with Gasteiger partial charge in [-0.2, -0.15) is 0 Å². The first kappa shape index (κ1) is 21.6. The number of halogens is 1. The summed E-state index contributed by atoms with van der Waals surface area (Å²) in [6.07, 6.45) is 0.948. The van der Waals surface area contributed by atoms with Gasteiger partial charge in [-0.25, -0.2) is 9.59 Å². The number of carbonyl (C=O) groups is 4. The molecule has 9 heteroatoms. The maximum Gasteiger partial charge on any atom is 0.338 e. The van der Waals surface area contributed by atoms with Gasteiger partial charge in [0.15, 0.2) is 6.61 Å². The van der Waals surface area contributed by atoms with Crippen molar-refractivity contribution >= 4 is 46.7 Å². The summed E-state index contributed by atoms with van der Waals surface area (Å²) < 4.78 is 4.95. The largest absolute Gasteiger partial charge is 0.478 e. The molecule has 0 saturated heterocycles. The van der Waals surface area contributed by atoms with Gasteiger partial charge < -0.3 is 20.5 Å². The highest BCUT2D eigenvalue weighted by atomic mass is 35.5. The molecule has 29 heavy (non-hydrogen) atoms. The second kappa shape index (κ2) is 10.0. The summed E-state index contributed by atoms with van der Waals surface area (Å²) >= 11 is 5.76. The third-order valence-electron chi connectivity index (χ3n) is 3.54. The van der Waals surface area contributed by atoms with Crippen molar-refractivity contribution in [2.75, 3.05) is 17.2 Å². The molecular formula is C20H17ClN2O6. The highest BCUT2D eigenvalue weighted by molar-refractivity contribution is 6.30. The third-order valence-corrected chi connectivity index (χ3v) is 3.79. The molecule has 0 aliphatic heterocycles. The van der Waals surface area contributed by atoms with Crippen LogP contribution < -0.4 is 10.6 Å². The Kier molecular flexibility index (Phi) is 7.50. The summed E-state index contributed by atoms with van der Waals surface area (Å²) in [5, 5.41) is 14.3. The van der Waals surface area contributed by atoms with Crippen LogP contribution in [0.4, 0.5) is 11.4 Å². The van der Waals surface area contributed by atoms with Crippen LogP contribution >= 0.6 is 11.6 Å². The van der Waals surface area contributed by atoms with Gasteiger partial charge in [-0.05, 0) is 55.5 Å². The first-order chi connectivity index (χ1) is 13.7. The van der Waals surface area contributed by atoms with Crippen molar-refractivity contribution in [1.82, 2.24) is 0 Å². The lowest BCUT2D eigenvalue weighted by Crippen LogP contribution is -2.20. The van der Waals surface area contributed by atoms with Crippen molar-refractivity contribution in [2.45, 2.75) is 6.92 Å². The highest BCUT2D eigenvalue weighted by Gasteiger charge is 2.11. The Morgan fingerprint density at radius 1 is 0.966 bits per heavy atom. The van der Waals surface area contributed by atoms with Crippen molar-refractivity contribution in [3.05, 3.63) is 70.8 Å². The number of amides is 2. The third kappa shape index (κ3) is 7.11. The van der Waals surface area contributed by atoms with E-state index in [4.69, 9.17) is 21.4 Å². The smallest absolute Gasteiger partial charge is 0.338 e. The average molecular weight is 417 g/mol. The Morgan fingerprint density at radius 2 is 1.52 bits per heavy atom. The summed E-state index contributed by atoms with van der Waals surface area (Å²) in [5.74, 6) is -3.03. The first-order valence-corrected chi connectivity index (χ1v) is 8.67. The zero-order valence-corrected chi connectivity index (χ0v) is 16.0. The van der Waals surface area contributed by atoms with Crippen LogP contribution in [0.2, 0.25) is 5.02 Å². The van der Waals surface area contributed by atoms with E-state index in [1.54, 1.807) is 24.3 Å². The van der Waals surface area contributed by atoms with Gasteiger partial charge in [0.2, 0.25) is 5.91 Å². The van der Waals surface area contributed by atoms with Crippen LogP contribution in [0.5, 0.6) is 0 Å². The summed E-state index contributed by atoms with van der Waals surface area (Å²) in [6, 6.07) is 12.2. The van der Waals surface area contributed by atoms with E-state index in [1.807, 2.05) is 0 Å². The lowest BCUT2D eigenvalue weighted by atomic mass is 10.2. The van der Waals surface area contributed by atoms with Crippen LogP contribution in [0.3, 0.4) is 0 Å².